The van der Waals surface area contributed by atoms with E-state index < -0.39 is 175 Å². The average molecular weight is 1330 g/mol. The van der Waals surface area contributed by atoms with E-state index in [4.69, 9.17) is 33.5 Å². The predicted molar refractivity (Wildman–Crippen MR) is 338 cm³/mol. The fourth-order valence-electron chi connectivity index (χ4n) is 9.44. The number of hydrogen-bond acceptors (Lipinski definition) is 21. The number of carbonyl (C=O) groups excluding carboxylic acids is 11. The van der Waals surface area contributed by atoms with Crippen molar-refractivity contribution in [2.45, 2.75) is 228 Å². The number of unbranched alkanes of at least 4 members (excludes halogenated alkanes) is 12. The second kappa shape index (κ2) is 47.3. The van der Waals surface area contributed by atoms with Gasteiger partial charge in [0.05, 0.1) is 37.0 Å². The number of nitrogens with one attached hydrogen (secondary N) is 10. The molecular weight excluding hydrogens is 1230 g/mol. The van der Waals surface area contributed by atoms with Crippen LogP contribution in [0.15, 0.2) is 11.8 Å². The van der Waals surface area contributed by atoms with Gasteiger partial charge >= 0.3 is 11.9 Å². The summed E-state index contributed by atoms with van der Waals surface area (Å²) < 4.78 is 5.36. The van der Waals surface area contributed by atoms with Gasteiger partial charge in [-0.2, -0.15) is 0 Å². The summed E-state index contributed by atoms with van der Waals surface area (Å²) in [6.45, 7) is 3.80. The molecule has 32 nitrogen and oxygen atoms in total. The van der Waals surface area contributed by atoms with Crippen LogP contribution in [0, 0.1) is 0 Å². The van der Waals surface area contributed by atoms with Crippen LogP contribution in [0.2, 0.25) is 0 Å². The molecule has 1 rings (SSSR count). The normalized spacial score (nSPS) is 23.3. The molecular formula is C59H105ClN14O18. The summed E-state index contributed by atoms with van der Waals surface area (Å²) in [6.07, 6.45) is 3.40. The van der Waals surface area contributed by atoms with Crippen LogP contribution in [0.5, 0.6) is 0 Å². The largest absolute Gasteiger partial charge is 0.479 e. The van der Waals surface area contributed by atoms with Gasteiger partial charge in [-0.3, -0.25) is 47.9 Å². The Hall–Kier alpha value is -6.65. The molecule has 0 radical (unpaired) electrons. The molecule has 1 heterocycles. The van der Waals surface area contributed by atoms with Crippen molar-refractivity contribution < 1.29 is 87.8 Å². The van der Waals surface area contributed by atoms with Crippen molar-refractivity contribution in [3.8, 4) is 0 Å². The van der Waals surface area contributed by atoms with Crippen molar-refractivity contribution in [1.82, 2.24) is 58.1 Å². The zero-order chi connectivity index (χ0) is 69.3. The molecule has 1 aliphatic rings. The molecule has 526 valence electrons. The van der Waals surface area contributed by atoms with Crippen molar-refractivity contribution >= 4 is 82.6 Å². The van der Waals surface area contributed by atoms with E-state index in [1.165, 1.54) is 6.92 Å². The first-order chi connectivity index (χ1) is 43.7. The molecule has 1 saturated heterocycles. The van der Waals surface area contributed by atoms with Crippen LogP contribution >= 0.6 is 11.6 Å². The van der Waals surface area contributed by atoms with Crippen molar-refractivity contribution in [3.63, 3.8) is 0 Å². The molecule has 12 atom stereocenters. The highest BCUT2D eigenvalue weighted by Gasteiger charge is 2.41. The number of cyclic esters (lactones) is 1. The van der Waals surface area contributed by atoms with Crippen molar-refractivity contribution in [1.29, 1.82) is 0 Å². The highest BCUT2D eigenvalue weighted by molar-refractivity contribution is 6.18. The summed E-state index contributed by atoms with van der Waals surface area (Å²) in [5, 5.41) is 76.3. The number of hydrogen-bond donors (Lipinski definition) is 18. The lowest BCUT2D eigenvalue weighted by molar-refractivity contribution is -0.155. The molecule has 0 aromatic heterocycles. The third-order valence-corrected chi connectivity index (χ3v) is 15.1. The number of carboxylic acid groups (broad SMARTS) is 1. The van der Waals surface area contributed by atoms with Gasteiger partial charge in [-0.25, -0.2) is 9.59 Å². The number of amides is 10. The molecule has 0 unspecified atom stereocenters. The molecule has 1 fully saturated rings. The summed E-state index contributed by atoms with van der Waals surface area (Å²) in [5.41, 5.74) is 16.8. The Labute approximate surface area is 543 Å². The number of nitrogens with two attached hydrogens (primary N) is 3. The quantitative estimate of drug-likeness (QED) is 0.0124. The Kier molecular flexibility index (Phi) is 42.8. The molecule has 0 aliphatic carbocycles. The number of alkyl halides is 1. The van der Waals surface area contributed by atoms with E-state index in [1.54, 1.807) is 0 Å². The molecule has 0 saturated carbocycles. The van der Waals surface area contributed by atoms with Crippen LogP contribution in [0.4, 0.5) is 0 Å². The number of carboxylic acids is 1. The third-order valence-electron chi connectivity index (χ3n) is 14.8. The van der Waals surface area contributed by atoms with Gasteiger partial charge in [0, 0.05) is 6.54 Å². The monoisotopic (exact) mass is 1330 g/mol. The minimum atomic E-state index is -2.83. The Balaban J connectivity index is 4.11. The molecule has 0 aromatic rings. The predicted octanol–water partition coefficient (Wildman–Crippen LogP) is -4.01. The lowest BCUT2D eigenvalue weighted by Gasteiger charge is -2.29. The molecule has 0 spiro atoms. The van der Waals surface area contributed by atoms with E-state index >= 15 is 0 Å². The highest BCUT2D eigenvalue weighted by atomic mass is 35.5. The first-order valence-electron chi connectivity index (χ1n) is 31.8. The Bertz CT molecular complexity index is 2370. The van der Waals surface area contributed by atoms with Crippen LogP contribution in [0.1, 0.15) is 156 Å². The van der Waals surface area contributed by atoms with Gasteiger partial charge in [0.2, 0.25) is 53.2 Å². The number of aliphatic carboxylic acids is 1. The molecule has 0 aromatic carbocycles. The summed E-state index contributed by atoms with van der Waals surface area (Å²) >= 11 is 5.91. The van der Waals surface area contributed by atoms with Gasteiger partial charge < -0.3 is 106 Å². The molecule has 0 bridgehead atoms. The molecule has 21 N–H and O–H groups in total. The Morgan fingerprint density at radius 2 is 1.14 bits per heavy atom. The fourth-order valence-corrected chi connectivity index (χ4v) is 9.62. The maximum Gasteiger partial charge on any atom is 0.335 e. The van der Waals surface area contributed by atoms with Gasteiger partial charge in [-0.15, -0.1) is 11.6 Å². The lowest BCUT2D eigenvalue weighted by Crippen LogP contribution is -2.62. The van der Waals surface area contributed by atoms with Crippen LogP contribution in [0.3, 0.4) is 0 Å². The van der Waals surface area contributed by atoms with Gasteiger partial charge in [-0.05, 0) is 105 Å². The van der Waals surface area contributed by atoms with E-state index in [9.17, 15) is 83.1 Å². The minimum absolute atomic E-state index is 0.142. The zero-order valence-electron chi connectivity index (χ0n) is 53.9. The average Bonchev–Trinajstić information content (AvgIpc) is 0.914. The number of ether oxygens (including phenoxy) is 1. The van der Waals surface area contributed by atoms with Crippen molar-refractivity contribution in [3.05, 3.63) is 11.8 Å². The number of esters is 1. The van der Waals surface area contributed by atoms with E-state index in [1.807, 2.05) is 29.6 Å². The van der Waals surface area contributed by atoms with Gasteiger partial charge in [0.1, 0.15) is 54.6 Å². The number of nitrogens with zero attached hydrogens (tertiary/aromatic N) is 1. The number of halogens is 1. The summed E-state index contributed by atoms with van der Waals surface area (Å²) in [6, 6.07) is -15.5. The first-order valence-corrected chi connectivity index (χ1v) is 32.3. The topological polar surface area (TPSA) is 517 Å². The smallest absolute Gasteiger partial charge is 0.335 e. The summed E-state index contributed by atoms with van der Waals surface area (Å²) in [5.74, 6) is -16.4. The van der Waals surface area contributed by atoms with Crippen LogP contribution in [0.25, 0.3) is 0 Å². The number of carbonyl (C=O) groups is 12. The number of aliphatic hydroxyl groups excluding tert-OH is 4. The fraction of sp³-hybridized carbons (Fsp3) is 0.763. The Morgan fingerprint density at radius 3 is 1.68 bits per heavy atom. The van der Waals surface area contributed by atoms with Gasteiger partial charge in [0.15, 0.2) is 12.1 Å². The van der Waals surface area contributed by atoms with Crippen LogP contribution in [-0.4, -0.2) is 233 Å². The van der Waals surface area contributed by atoms with E-state index in [2.05, 4.69) is 49.5 Å². The van der Waals surface area contributed by atoms with E-state index in [0.717, 1.165) is 90.2 Å². The summed E-state index contributed by atoms with van der Waals surface area (Å²) in [7, 11) is 3.88. The lowest BCUT2D eigenvalue weighted by atomic mass is 10.0. The van der Waals surface area contributed by atoms with Crippen molar-refractivity contribution in [2.75, 3.05) is 59.3 Å². The first kappa shape index (κ1) is 83.4. The maximum absolute atomic E-state index is 14.5. The minimum Gasteiger partial charge on any atom is -0.479 e. The van der Waals surface area contributed by atoms with E-state index in [-0.39, 0.29) is 58.3 Å². The van der Waals surface area contributed by atoms with Gasteiger partial charge in [0.25, 0.3) is 5.91 Å². The SMILES string of the molecule is C/C=C1\NC(=O)[C@H]([C@H](C)O)NC(=O)[C@H](CCN)NC(=O)[C@H](CCCCN)NC(=O)[C@H](CC(=O)NCCCCCCN(C)C)NC(=O)[C@@H](CCN)NC(=O)[C@@H](NC(=O)C[C@H](O)CCCCCCCCCCC)COC(=O)[C@H]([C@H](O)CCl)NC(=O)[C@H]([C@H](O)C(=O)O)NC1=O. The second-order valence-corrected chi connectivity index (χ2v) is 23.3. The maximum atomic E-state index is 14.5. The zero-order valence-corrected chi connectivity index (χ0v) is 54.7. The molecule has 1 aliphatic heterocycles. The number of aliphatic hydroxyl groups is 4. The van der Waals surface area contributed by atoms with Crippen LogP contribution < -0.4 is 70.4 Å². The number of rotatable bonds is 35. The summed E-state index contributed by atoms with van der Waals surface area (Å²) in [4.78, 5) is 169. The van der Waals surface area contributed by atoms with E-state index in [0.29, 0.717) is 19.3 Å². The second-order valence-electron chi connectivity index (χ2n) is 23.0. The molecule has 33 heteroatoms. The molecule has 92 heavy (non-hydrogen) atoms. The standard InChI is InChI=1S/C59H105ClN14O18/c1-6-8-9-10-11-12-13-14-17-22-36(76)31-45(79)65-42-34-92-59(91)47(43(77)33-60)72-57(88)48(49(80)58(89)90)73-50(81)37(7-2)66-56(87)46(35(3)75)71-53(84)40(25-28-63)68-51(82)38(23-18-19-26-61)67-54(85)41(70-52(83)39(24-27-62)69-55(42)86)32-44(78)64-29-20-15-16-21-30-74(4)5/h7,35-36,38-43,46-49,75-77,80H,6,8-34,61-63H2,1-5H3,(H,64,78)(H,65,79)(H,66,87)(H,67,85)(H,68,82)(H,69,86)(H,70,83)(H,71,84)(H,72,88)(H,73,81)(H,89,90)/b37-7-/t35-,36+,38-,39+,40-,41-,42-,43+,46-,47-,48-,49-/m0/s1. The highest BCUT2D eigenvalue weighted by Crippen LogP contribution is 2.14. The van der Waals surface area contributed by atoms with Crippen molar-refractivity contribution in [2.24, 2.45) is 17.2 Å². The Morgan fingerprint density at radius 1 is 0.620 bits per heavy atom. The van der Waals surface area contributed by atoms with Gasteiger partial charge in [-0.1, -0.05) is 83.6 Å². The molecule has 10 amide bonds. The van der Waals surface area contributed by atoms with Crippen LogP contribution in [-0.2, 0) is 62.3 Å². The number of allylic oxidation sites excluding steroid dienone is 1. The third kappa shape index (κ3) is 33.3.